The van der Waals surface area contributed by atoms with Gasteiger partial charge < -0.3 is 10.2 Å². The van der Waals surface area contributed by atoms with E-state index in [0.29, 0.717) is 5.82 Å². The van der Waals surface area contributed by atoms with Crippen molar-refractivity contribution in [3.05, 3.63) is 60.7 Å². The van der Waals surface area contributed by atoms with Gasteiger partial charge in [-0.2, -0.15) is 5.10 Å². The summed E-state index contributed by atoms with van der Waals surface area (Å²) in [5.41, 5.74) is 1.31. The molecule has 0 atom stereocenters. The molecular weight excluding hydrogens is 366 g/mol. The number of piperidine rings is 1. The van der Waals surface area contributed by atoms with Gasteiger partial charge in [0.1, 0.15) is 12.7 Å². The minimum atomic E-state index is 0.0744. The molecule has 1 aliphatic rings. The highest BCUT2D eigenvalue weighted by atomic mass is 16.1. The Bertz CT molecular complexity index is 889. The summed E-state index contributed by atoms with van der Waals surface area (Å²) in [5.74, 6) is 1.71. The van der Waals surface area contributed by atoms with E-state index in [2.05, 4.69) is 42.6 Å². The number of carbonyl (C=O) groups excluding carboxylic acids is 1. The van der Waals surface area contributed by atoms with Crippen molar-refractivity contribution >= 4 is 11.7 Å². The lowest BCUT2D eigenvalue weighted by atomic mass is 9.96. The lowest BCUT2D eigenvalue weighted by Gasteiger charge is -2.31. The normalized spacial score (nSPS) is 14.7. The van der Waals surface area contributed by atoms with Crippen molar-refractivity contribution in [2.75, 3.05) is 24.5 Å². The maximum Gasteiger partial charge on any atom is 0.223 e. The number of benzene rings is 1. The second-order valence-corrected chi connectivity index (χ2v) is 7.23. The van der Waals surface area contributed by atoms with Gasteiger partial charge >= 0.3 is 0 Å². The summed E-state index contributed by atoms with van der Waals surface area (Å²) in [5, 5.41) is 15.7. The molecule has 8 nitrogen and oxygen atoms in total. The van der Waals surface area contributed by atoms with Crippen LogP contribution in [-0.2, 0) is 11.2 Å². The number of anilines is 1. The van der Waals surface area contributed by atoms with Crippen LogP contribution in [0.25, 0.3) is 5.82 Å². The van der Waals surface area contributed by atoms with Gasteiger partial charge in [0.25, 0.3) is 0 Å². The average molecular weight is 391 g/mol. The van der Waals surface area contributed by atoms with Crippen molar-refractivity contribution in [2.24, 2.45) is 5.92 Å². The molecule has 0 unspecified atom stereocenters. The fourth-order valence-corrected chi connectivity index (χ4v) is 3.60. The number of hydrogen-bond acceptors (Lipinski definition) is 6. The number of nitrogens with zero attached hydrogens (tertiary/aromatic N) is 6. The van der Waals surface area contributed by atoms with Crippen molar-refractivity contribution in [2.45, 2.75) is 25.7 Å². The molecule has 8 heteroatoms. The number of aromatic nitrogens is 5. The molecule has 0 bridgehead atoms. The number of aryl methyl sites for hydroxylation is 1. The molecule has 29 heavy (non-hydrogen) atoms. The van der Waals surface area contributed by atoms with Gasteiger partial charge in [0, 0.05) is 25.6 Å². The Kier molecular flexibility index (Phi) is 6.09. The standard InChI is InChI=1S/C21H25N7O/c29-21(23-12-4-7-17-5-2-1-3-6-17)18-10-13-27(14-11-18)19-8-9-20(26-25-19)28-16-22-15-24-28/h1-3,5-6,8-9,15-16,18H,4,7,10-14H2,(H,23,29). The van der Waals surface area contributed by atoms with Gasteiger partial charge in [0.05, 0.1) is 0 Å². The molecule has 1 N–H and O–H groups in total. The smallest absolute Gasteiger partial charge is 0.223 e. The van der Waals surface area contributed by atoms with Gasteiger partial charge in [0.2, 0.25) is 5.91 Å². The number of nitrogens with one attached hydrogen (secondary N) is 1. The Hall–Kier alpha value is -3.29. The molecule has 0 radical (unpaired) electrons. The van der Waals surface area contributed by atoms with E-state index in [1.807, 2.05) is 30.3 Å². The molecule has 0 saturated carbocycles. The topological polar surface area (TPSA) is 88.8 Å². The van der Waals surface area contributed by atoms with Gasteiger partial charge in [-0.3, -0.25) is 4.79 Å². The molecule has 2 aromatic heterocycles. The lowest BCUT2D eigenvalue weighted by molar-refractivity contribution is -0.125. The van der Waals surface area contributed by atoms with E-state index in [1.54, 1.807) is 11.0 Å². The van der Waals surface area contributed by atoms with E-state index in [1.165, 1.54) is 11.9 Å². The summed E-state index contributed by atoms with van der Waals surface area (Å²) in [6, 6.07) is 14.2. The summed E-state index contributed by atoms with van der Waals surface area (Å²) in [7, 11) is 0. The second kappa shape index (κ2) is 9.27. The number of carbonyl (C=O) groups is 1. The van der Waals surface area contributed by atoms with E-state index in [9.17, 15) is 4.79 Å². The van der Waals surface area contributed by atoms with Crippen LogP contribution in [0.3, 0.4) is 0 Å². The molecule has 1 fully saturated rings. The lowest BCUT2D eigenvalue weighted by Crippen LogP contribution is -2.41. The second-order valence-electron chi connectivity index (χ2n) is 7.23. The Labute approximate surface area is 170 Å². The van der Waals surface area contributed by atoms with Crippen LogP contribution in [-0.4, -0.2) is 50.5 Å². The highest BCUT2D eigenvalue weighted by molar-refractivity contribution is 5.78. The van der Waals surface area contributed by atoms with Gasteiger partial charge in [-0.25, -0.2) is 9.67 Å². The minimum absolute atomic E-state index is 0.0744. The van der Waals surface area contributed by atoms with Crippen molar-refractivity contribution in [1.82, 2.24) is 30.3 Å². The van der Waals surface area contributed by atoms with Crippen LogP contribution in [0.5, 0.6) is 0 Å². The fraction of sp³-hybridized carbons (Fsp3) is 0.381. The van der Waals surface area contributed by atoms with Crippen molar-refractivity contribution in [3.63, 3.8) is 0 Å². The van der Waals surface area contributed by atoms with Crippen LogP contribution in [0, 0.1) is 5.92 Å². The first-order valence-electron chi connectivity index (χ1n) is 10.0. The Balaban J connectivity index is 1.20. The van der Waals surface area contributed by atoms with Crippen LogP contribution in [0.1, 0.15) is 24.8 Å². The van der Waals surface area contributed by atoms with Crippen molar-refractivity contribution in [1.29, 1.82) is 0 Å². The number of hydrogen-bond donors (Lipinski definition) is 1. The average Bonchev–Trinajstić information content (AvgIpc) is 3.33. The monoisotopic (exact) mass is 391 g/mol. The first-order chi connectivity index (χ1) is 14.3. The van der Waals surface area contributed by atoms with Crippen LogP contribution in [0.15, 0.2) is 55.1 Å². The quantitative estimate of drug-likeness (QED) is 0.620. The number of amides is 1. The molecule has 1 aliphatic heterocycles. The van der Waals surface area contributed by atoms with Gasteiger partial charge in [-0.05, 0) is 43.4 Å². The Morgan fingerprint density at radius 1 is 1.03 bits per heavy atom. The van der Waals surface area contributed by atoms with Gasteiger partial charge in [-0.1, -0.05) is 30.3 Å². The predicted molar refractivity (Wildman–Crippen MR) is 110 cm³/mol. The zero-order chi connectivity index (χ0) is 19.9. The molecule has 3 heterocycles. The minimum Gasteiger partial charge on any atom is -0.356 e. The molecule has 1 amide bonds. The molecule has 0 aliphatic carbocycles. The molecule has 0 spiro atoms. The van der Waals surface area contributed by atoms with Crippen LogP contribution in [0.4, 0.5) is 5.82 Å². The van der Waals surface area contributed by atoms with Crippen molar-refractivity contribution in [3.8, 4) is 5.82 Å². The zero-order valence-corrected chi connectivity index (χ0v) is 16.3. The maximum atomic E-state index is 12.5. The SMILES string of the molecule is O=C(NCCCc1ccccc1)C1CCN(c2ccc(-n3cncn3)nn2)CC1. The molecule has 4 rings (SSSR count). The van der Waals surface area contributed by atoms with Crippen LogP contribution >= 0.6 is 0 Å². The zero-order valence-electron chi connectivity index (χ0n) is 16.3. The maximum absolute atomic E-state index is 12.5. The fourth-order valence-electron chi connectivity index (χ4n) is 3.60. The number of rotatable bonds is 7. The highest BCUT2D eigenvalue weighted by Crippen LogP contribution is 2.22. The summed E-state index contributed by atoms with van der Waals surface area (Å²) >= 11 is 0. The third kappa shape index (κ3) is 4.96. The predicted octanol–water partition coefficient (Wildman–Crippen LogP) is 2.02. The van der Waals surface area contributed by atoms with E-state index >= 15 is 0 Å². The summed E-state index contributed by atoms with van der Waals surface area (Å²) in [4.78, 5) is 18.5. The first-order valence-corrected chi connectivity index (χ1v) is 10.0. The third-order valence-corrected chi connectivity index (χ3v) is 5.26. The van der Waals surface area contributed by atoms with Gasteiger partial charge in [0.15, 0.2) is 11.6 Å². The van der Waals surface area contributed by atoms with Crippen molar-refractivity contribution < 1.29 is 4.79 Å². The molecular formula is C21H25N7O. The molecule has 1 saturated heterocycles. The molecule has 1 aromatic carbocycles. The van der Waals surface area contributed by atoms with Crippen LogP contribution in [0.2, 0.25) is 0 Å². The largest absolute Gasteiger partial charge is 0.356 e. The molecule has 150 valence electrons. The Morgan fingerprint density at radius 3 is 2.48 bits per heavy atom. The van der Waals surface area contributed by atoms with Gasteiger partial charge in [-0.15, -0.1) is 10.2 Å². The molecule has 3 aromatic rings. The summed E-state index contributed by atoms with van der Waals surface area (Å²) in [6.07, 6.45) is 6.67. The third-order valence-electron chi connectivity index (χ3n) is 5.26. The highest BCUT2D eigenvalue weighted by Gasteiger charge is 2.25. The Morgan fingerprint density at radius 2 is 1.79 bits per heavy atom. The summed E-state index contributed by atoms with van der Waals surface area (Å²) in [6.45, 7) is 2.34. The summed E-state index contributed by atoms with van der Waals surface area (Å²) < 4.78 is 1.57. The van der Waals surface area contributed by atoms with E-state index in [0.717, 1.165) is 51.1 Å². The first kappa shape index (κ1) is 19.0. The van der Waals surface area contributed by atoms with E-state index < -0.39 is 0 Å². The van der Waals surface area contributed by atoms with E-state index in [4.69, 9.17) is 0 Å². The van der Waals surface area contributed by atoms with E-state index in [-0.39, 0.29) is 11.8 Å². The van der Waals surface area contributed by atoms with Crippen LogP contribution < -0.4 is 10.2 Å².